The molecular formula is C28H25N3O4. The Labute approximate surface area is 202 Å². The molecule has 0 amide bonds. The van der Waals surface area contributed by atoms with Gasteiger partial charge in [-0.15, -0.1) is 0 Å². The van der Waals surface area contributed by atoms with Gasteiger partial charge < -0.3 is 19.5 Å². The van der Waals surface area contributed by atoms with Crippen LogP contribution in [0.5, 0.6) is 0 Å². The van der Waals surface area contributed by atoms with E-state index >= 15 is 0 Å². The van der Waals surface area contributed by atoms with Crippen molar-refractivity contribution in [3.63, 3.8) is 0 Å². The molecule has 1 aliphatic heterocycles. The van der Waals surface area contributed by atoms with Gasteiger partial charge in [0.15, 0.2) is 11.5 Å². The summed E-state index contributed by atoms with van der Waals surface area (Å²) in [6.07, 6.45) is 1.66. The fourth-order valence-electron chi connectivity index (χ4n) is 5.21. The van der Waals surface area contributed by atoms with E-state index in [0.717, 1.165) is 36.3 Å². The number of nitrogens with one attached hydrogen (secondary N) is 1. The Morgan fingerprint density at radius 2 is 1.91 bits per heavy atom. The molecule has 0 spiro atoms. The minimum absolute atomic E-state index is 0.0608. The lowest BCUT2D eigenvalue weighted by Gasteiger charge is -2.34. The molecule has 0 radical (unpaired) electrons. The lowest BCUT2D eigenvalue weighted by molar-refractivity contribution is -0.148. The Morgan fingerprint density at radius 1 is 1.14 bits per heavy atom. The van der Waals surface area contributed by atoms with Crippen LogP contribution in [0.15, 0.2) is 65.2 Å². The van der Waals surface area contributed by atoms with Crippen LogP contribution in [0.4, 0.5) is 17.1 Å². The van der Waals surface area contributed by atoms with Crippen molar-refractivity contribution in [2.75, 3.05) is 29.9 Å². The topological polar surface area (TPSA) is 84.7 Å². The Balaban J connectivity index is 1.53. The predicted molar refractivity (Wildman–Crippen MR) is 134 cm³/mol. The van der Waals surface area contributed by atoms with Gasteiger partial charge in [0, 0.05) is 29.9 Å². The summed E-state index contributed by atoms with van der Waals surface area (Å²) in [5.41, 5.74) is 4.96. The van der Waals surface area contributed by atoms with Gasteiger partial charge >= 0.3 is 5.97 Å². The summed E-state index contributed by atoms with van der Waals surface area (Å²) in [4.78, 5) is 28.4. The first kappa shape index (κ1) is 21.4. The van der Waals surface area contributed by atoms with E-state index < -0.39 is 0 Å². The largest absolute Gasteiger partial charge is 0.466 e. The highest BCUT2D eigenvalue weighted by Gasteiger charge is 2.35. The number of carbonyl (C=O) groups is 2. The zero-order valence-corrected chi connectivity index (χ0v) is 19.4. The molecule has 4 aromatic rings. The second kappa shape index (κ2) is 8.58. The Morgan fingerprint density at radius 3 is 2.71 bits per heavy atom. The number of hydrogen-bond donors (Lipinski definition) is 1. The molecule has 1 saturated heterocycles. The molecule has 0 bridgehead atoms. The van der Waals surface area contributed by atoms with Crippen LogP contribution < -0.4 is 10.2 Å². The molecule has 176 valence electrons. The minimum Gasteiger partial charge on any atom is -0.466 e. The minimum atomic E-state index is -0.203. The molecule has 1 N–H and O–H groups in total. The molecule has 3 aromatic carbocycles. The smallest absolute Gasteiger partial charge is 0.310 e. The number of carbonyl (C=O) groups excluding carboxylic acids is 2. The number of esters is 1. The van der Waals surface area contributed by atoms with E-state index in [2.05, 4.69) is 15.4 Å². The van der Waals surface area contributed by atoms with Gasteiger partial charge in [-0.2, -0.15) is 0 Å². The Bertz CT molecular complexity index is 1440. The Kier molecular flexibility index (Phi) is 5.25. The molecule has 0 unspecified atom stereocenters. The summed E-state index contributed by atoms with van der Waals surface area (Å²) in [5.74, 6) is 0.167. The summed E-state index contributed by atoms with van der Waals surface area (Å²) in [5, 5.41) is 8.60. The lowest BCUT2D eigenvalue weighted by Crippen LogP contribution is -2.39. The van der Waals surface area contributed by atoms with E-state index in [9.17, 15) is 9.59 Å². The molecule has 2 heterocycles. The first-order valence-electron chi connectivity index (χ1n) is 12.0. The van der Waals surface area contributed by atoms with Crippen molar-refractivity contribution in [3.8, 4) is 11.3 Å². The van der Waals surface area contributed by atoms with Crippen molar-refractivity contribution in [1.29, 1.82) is 0 Å². The summed E-state index contributed by atoms with van der Waals surface area (Å²) in [6.45, 7) is 3.51. The molecule has 35 heavy (non-hydrogen) atoms. The van der Waals surface area contributed by atoms with Crippen molar-refractivity contribution in [1.82, 2.24) is 5.16 Å². The van der Waals surface area contributed by atoms with Gasteiger partial charge in [-0.05, 0) is 38.0 Å². The highest BCUT2D eigenvalue weighted by Crippen LogP contribution is 2.46. The number of ether oxygens (including phenoxy) is 1. The lowest BCUT2D eigenvalue weighted by atomic mass is 9.86. The average molecular weight is 468 g/mol. The summed E-state index contributed by atoms with van der Waals surface area (Å²) in [7, 11) is 0. The number of para-hydroxylation sites is 1. The number of aromatic nitrogens is 1. The fourth-order valence-corrected chi connectivity index (χ4v) is 5.21. The standard InChI is InChI=1S/C28H25N3O4/c1-2-34-28(33)17-9-8-14-31(16-17)22-15-21(29-18-10-4-3-5-11-18)23-24-25(22)30-35-27(24)20-13-7-6-12-19(20)26(23)32/h3-7,10-13,15,17,29H,2,8-9,14,16H2,1H3/t17-/m0/s1. The SMILES string of the molecule is CCOC(=O)[C@H]1CCCN(c2cc(Nc3ccccc3)c3c4c(onc24)-c2ccccc2C3=O)C1. The third kappa shape index (κ3) is 3.55. The molecule has 1 fully saturated rings. The second-order valence-corrected chi connectivity index (χ2v) is 8.96. The average Bonchev–Trinajstić information content (AvgIpc) is 3.34. The molecule has 7 nitrogen and oxygen atoms in total. The van der Waals surface area contributed by atoms with Crippen molar-refractivity contribution in [2.24, 2.45) is 5.92 Å². The van der Waals surface area contributed by atoms with Gasteiger partial charge in [0.05, 0.1) is 34.8 Å². The van der Waals surface area contributed by atoms with Crippen LogP contribution in [0.2, 0.25) is 0 Å². The quantitative estimate of drug-likeness (QED) is 0.339. The van der Waals surface area contributed by atoms with Crippen LogP contribution in [0.25, 0.3) is 22.2 Å². The van der Waals surface area contributed by atoms with Crippen molar-refractivity contribution in [2.45, 2.75) is 19.8 Å². The van der Waals surface area contributed by atoms with E-state index in [0.29, 0.717) is 46.6 Å². The number of nitrogens with zero attached hydrogens (tertiary/aromatic N) is 2. The summed E-state index contributed by atoms with van der Waals surface area (Å²) in [6, 6.07) is 19.2. The number of rotatable bonds is 5. The van der Waals surface area contributed by atoms with E-state index in [4.69, 9.17) is 9.26 Å². The molecule has 6 rings (SSSR count). The van der Waals surface area contributed by atoms with Gasteiger partial charge in [-0.1, -0.05) is 47.6 Å². The van der Waals surface area contributed by atoms with Crippen LogP contribution >= 0.6 is 0 Å². The summed E-state index contributed by atoms with van der Waals surface area (Å²) >= 11 is 0. The molecule has 1 aliphatic carbocycles. The molecule has 1 aromatic heterocycles. The monoisotopic (exact) mass is 467 g/mol. The van der Waals surface area contributed by atoms with E-state index in [1.54, 1.807) is 0 Å². The first-order valence-corrected chi connectivity index (χ1v) is 12.0. The van der Waals surface area contributed by atoms with E-state index in [1.165, 1.54) is 0 Å². The number of anilines is 3. The van der Waals surface area contributed by atoms with Crippen molar-refractivity contribution in [3.05, 3.63) is 71.8 Å². The molecule has 0 saturated carbocycles. The van der Waals surface area contributed by atoms with Crippen LogP contribution in [0.3, 0.4) is 0 Å². The van der Waals surface area contributed by atoms with Crippen LogP contribution in [0.1, 0.15) is 35.7 Å². The van der Waals surface area contributed by atoms with Gasteiger partial charge in [0.2, 0.25) is 0 Å². The Hall–Kier alpha value is -4.13. The van der Waals surface area contributed by atoms with E-state index in [1.807, 2.05) is 67.6 Å². The number of ketones is 1. The third-order valence-corrected chi connectivity index (χ3v) is 6.81. The maximum absolute atomic E-state index is 13.7. The van der Waals surface area contributed by atoms with Gasteiger partial charge in [0.1, 0.15) is 5.52 Å². The first-order chi connectivity index (χ1) is 17.2. The van der Waals surface area contributed by atoms with Crippen molar-refractivity contribution < 1.29 is 18.8 Å². The van der Waals surface area contributed by atoms with Crippen LogP contribution in [-0.4, -0.2) is 36.6 Å². The van der Waals surface area contributed by atoms with Crippen molar-refractivity contribution >= 4 is 39.7 Å². The number of fused-ring (bicyclic) bond motifs is 2. The molecule has 1 atom stereocenters. The van der Waals surface area contributed by atoms with Gasteiger partial charge in [-0.25, -0.2) is 0 Å². The number of piperidine rings is 1. The molecular weight excluding hydrogens is 442 g/mol. The predicted octanol–water partition coefficient (Wildman–Crippen LogP) is 5.56. The molecule has 2 aliphatic rings. The zero-order valence-electron chi connectivity index (χ0n) is 19.4. The zero-order chi connectivity index (χ0) is 23.9. The second-order valence-electron chi connectivity index (χ2n) is 8.96. The molecule has 7 heteroatoms. The third-order valence-electron chi connectivity index (χ3n) is 6.81. The van der Waals surface area contributed by atoms with Gasteiger partial charge in [0.25, 0.3) is 0 Å². The van der Waals surface area contributed by atoms with E-state index in [-0.39, 0.29) is 17.7 Å². The van der Waals surface area contributed by atoms with Crippen LogP contribution in [-0.2, 0) is 9.53 Å². The highest BCUT2D eigenvalue weighted by atomic mass is 16.5. The van der Waals surface area contributed by atoms with Crippen LogP contribution in [0, 0.1) is 5.92 Å². The normalized spacial score (nSPS) is 16.8. The van der Waals surface area contributed by atoms with Gasteiger partial charge in [-0.3, -0.25) is 9.59 Å². The highest BCUT2D eigenvalue weighted by molar-refractivity contribution is 6.28. The fraction of sp³-hybridized carbons (Fsp3) is 0.250. The maximum atomic E-state index is 13.7. The maximum Gasteiger partial charge on any atom is 0.310 e. The summed E-state index contributed by atoms with van der Waals surface area (Å²) < 4.78 is 11.2. The number of hydrogen-bond acceptors (Lipinski definition) is 7. The number of benzene rings is 3.